The molecule has 2 aliphatic rings. The van der Waals surface area contributed by atoms with Gasteiger partial charge in [-0.3, -0.25) is 4.79 Å². The summed E-state index contributed by atoms with van der Waals surface area (Å²) in [4.78, 5) is 35.7. The Kier molecular flexibility index (Phi) is 3.47. The highest BCUT2D eigenvalue weighted by molar-refractivity contribution is 5.96. The second-order valence-corrected chi connectivity index (χ2v) is 5.81. The minimum atomic E-state index is -0.612. The molecule has 0 bridgehead atoms. The summed E-state index contributed by atoms with van der Waals surface area (Å²) >= 11 is 0. The van der Waals surface area contributed by atoms with Crippen molar-refractivity contribution in [1.82, 2.24) is 14.8 Å². The van der Waals surface area contributed by atoms with Gasteiger partial charge in [-0.1, -0.05) is 0 Å². The van der Waals surface area contributed by atoms with E-state index in [4.69, 9.17) is 9.15 Å². The third-order valence-electron chi connectivity index (χ3n) is 4.20. The van der Waals surface area contributed by atoms with Gasteiger partial charge in [-0.25, -0.2) is 14.7 Å². The Morgan fingerprint density at radius 1 is 1.23 bits per heavy atom. The summed E-state index contributed by atoms with van der Waals surface area (Å²) in [5.41, 5.74) is 1.60. The molecule has 1 aromatic carbocycles. The second-order valence-electron chi connectivity index (χ2n) is 5.81. The van der Waals surface area contributed by atoms with E-state index in [1.807, 2.05) is 13.0 Å². The van der Waals surface area contributed by atoms with Crippen molar-refractivity contribution in [3.05, 3.63) is 68.6 Å². The fraction of sp³-hybridized carbons (Fsp3) is 0.111. The lowest BCUT2D eigenvalue weighted by atomic mass is 10.1. The lowest BCUT2D eigenvalue weighted by molar-refractivity contribution is 0.0600. The monoisotopic (exact) mass is 351 g/mol. The summed E-state index contributed by atoms with van der Waals surface area (Å²) in [5, 5.41) is 7.02. The molecule has 0 fully saturated rings. The van der Waals surface area contributed by atoms with Crippen molar-refractivity contribution in [2.75, 3.05) is 7.11 Å². The van der Waals surface area contributed by atoms with Crippen molar-refractivity contribution in [3.8, 4) is 16.9 Å². The van der Waals surface area contributed by atoms with Crippen LogP contribution in [0.4, 0.5) is 0 Å². The van der Waals surface area contributed by atoms with Gasteiger partial charge in [0.15, 0.2) is 0 Å². The molecule has 1 aromatic heterocycles. The van der Waals surface area contributed by atoms with Crippen molar-refractivity contribution in [2.45, 2.75) is 6.92 Å². The summed E-state index contributed by atoms with van der Waals surface area (Å²) in [6.45, 7) is 1.82. The summed E-state index contributed by atoms with van der Waals surface area (Å²) in [7, 11) is 1.25. The van der Waals surface area contributed by atoms with Crippen molar-refractivity contribution in [3.63, 3.8) is 0 Å². The fourth-order valence-corrected chi connectivity index (χ4v) is 2.92. The van der Waals surface area contributed by atoms with Gasteiger partial charge in [0.1, 0.15) is 16.8 Å². The number of nitrogens with one attached hydrogen (secondary N) is 1. The highest BCUT2D eigenvalue weighted by atomic mass is 16.5. The van der Waals surface area contributed by atoms with E-state index in [0.29, 0.717) is 11.3 Å². The van der Waals surface area contributed by atoms with E-state index in [0.717, 1.165) is 10.9 Å². The van der Waals surface area contributed by atoms with Crippen molar-refractivity contribution < 1.29 is 13.9 Å². The normalized spacial score (nSPS) is 11.2. The zero-order valence-electron chi connectivity index (χ0n) is 13.9. The fourth-order valence-electron chi connectivity index (χ4n) is 2.92. The van der Waals surface area contributed by atoms with E-state index in [-0.39, 0.29) is 16.8 Å². The average molecular weight is 351 g/mol. The maximum atomic E-state index is 12.1. The van der Waals surface area contributed by atoms with Crippen LogP contribution in [0, 0.1) is 6.92 Å². The summed E-state index contributed by atoms with van der Waals surface area (Å²) in [5.74, 6) is -0.612. The van der Waals surface area contributed by atoms with E-state index in [2.05, 4.69) is 10.2 Å². The number of carbonyl (C=O) groups excluding carboxylic acids is 1. The summed E-state index contributed by atoms with van der Waals surface area (Å²) in [6.07, 6.45) is 3.08. The van der Waals surface area contributed by atoms with Gasteiger partial charge in [0.05, 0.1) is 12.7 Å². The van der Waals surface area contributed by atoms with Crippen LogP contribution in [0.5, 0.6) is 0 Å². The Morgan fingerprint density at radius 3 is 2.81 bits per heavy atom. The third kappa shape index (κ3) is 2.39. The molecule has 2 aromatic rings. The maximum absolute atomic E-state index is 12.1. The Balaban J connectivity index is 1.99. The van der Waals surface area contributed by atoms with E-state index in [1.54, 1.807) is 22.9 Å². The van der Waals surface area contributed by atoms with Gasteiger partial charge in [0.25, 0.3) is 5.56 Å². The predicted molar refractivity (Wildman–Crippen MR) is 92.9 cm³/mol. The van der Waals surface area contributed by atoms with E-state index < -0.39 is 17.2 Å². The molecule has 0 saturated carbocycles. The molecule has 0 radical (unpaired) electrons. The molecule has 0 saturated heterocycles. The van der Waals surface area contributed by atoms with Crippen LogP contribution in [-0.2, 0) is 4.74 Å². The Morgan fingerprint density at radius 2 is 2.04 bits per heavy atom. The van der Waals surface area contributed by atoms with Gasteiger partial charge < -0.3 is 13.7 Å². The minimum Gasteiger partial charge on any atom is -0.465 e. The molecule has 0 spiro atoms. The van der Waals surface area contributed by atoms with E-state index in [1.165, 1.54) is 19.4 Å². The number of aryl methyl sites for hydroxylation is 1. The molecule has 0 amide bonds. The lowest BCUT2D eigenvalue weighted by Crippen LogP contribution is -2.11. The zero-order chi connectivity index (χ0) is 18.4. The number of rotatable bonds is 2. The average Bonchev–Trinajstić information content (AvgIpc) is 3.00. The maximum Gasteiger partial charge on any atom is 0.341 e. The predicted octanol–water partition coefficient (Wildman–Crippen LogP) is 1.87. The largest absolute Gasteiger partial charge is 0.465 e. The molecule has 2 aliphatic heterocycles. The molecular weight excluding hydrogens is 338 g/mol. The van der Waals surface area contributed by atoms with Crippen molar-refractivity contribution in [1.29, 1.82) is 0 Å². The molecule has 0 aliphatic carbocycles. The minimum absolute atomic E-state index is 0.147. The van der Waals surface area contributed by atoms with Crippen LogP contribution in [0.15, 0.2) is 50.7 Å². The second kappa shape index (κ2) is 5.69. The van der Waals surface area contributed by atoms with Crippen molar-refractivity contribution >= 4 is 16.9 Å². The van der Waals surface area contributed by atoms with Gasteiger partial charge in [-0.2, -0.15) is 5.10 Å². The Bertz CT molecular complexity index is 1250. The van der Waals surface area contributed by atoms with Crippen LogP contribution in [-0.4, -0.2) is 27.8 Å². The van der Waals surface area contributed by atoms with Gasteiger partial charge in [-0.15, -0.1) is 0 Å². The number of hydrogen-bond donors (Lipinski definition) is 1. The van der Waals surface area contributed by atoms with Crippen LogP contribution in [0.2, 0.25) is 0 Å². The SMILES string of the molecule is COC(=O)c1cn(-c2ccc3c(C)cc(=O)oc3c2)cc2c(=O)[nH]nc1-2. The number of hydrogen-bond acceptors (Lipinski definition) is 6. The molecule has 3 heterocycles. The Hall–Kier alpha value is -3.68. The van der Waals surface area contributed by atoms with E-state index in [9.17, 15) is 14.4 Å². The van der Waals surface area contributed by atoms with Crippen LogP contribution >= 0.6 is 0 Å². The summed E-state index contributed by atoms with van der Waals surface area (Å²) < 4.78 is 11.6. The number of ether oxygens (including phenoxy) is 1. The molecule has 1 N–H and O–H groups in total. The number of methoxy groups -OCH3 is 1. The molecule has 130 valence electrons. The highest BCUT2D eigenvalue weighted by Gasteiger charge is 2.22. The number of carbonyl (C=O) groups is 1. The first-order valence-electron chi connectivity index (χ1n) is 7.71. The smallest absolute Gasteiger partial charge is 0.341 e. The van der Waals surface area contributed by atoms with Gasteiger partial charge >= 0.3 is 11.6 Å². The number of aromatic nitrogens is 3. The number of aromatic amines is 1. The molecule has 4 rings (SSSR count). The quantitative estimate of drug-likeness (QED) is 0.436. The topological polar surface area (TPSA) is 107 Å². The number of H-pyrrole nitrogens is 1. The molecule has 8 nitrogen and oxygen atoms in total. The van der Waals surface area contributed by atoms with Crippen molar-refractivity contribution in [2.24, 2.45) is 0 Å². The number of esters is 1. The molecule has 8 heteroatoms. The first-order chi connectivity index (χ1) is 12.5. The number of benzene rings is 1. The lowest BCUT2D eigenvalue weighted by Gasteiger charge is -2.12. The number of nitrogens with zero attached hydrogens (tertiary/aromatic N) is 2. The van der Waals surface area contributed by atoms with Crippen LogP contribution in [0.3, 0.4) is 0 Å². The molecule has 0 atom stereocenters. The third-order valence-corrected chi connectivity index (χ3v) is 4.20. The standard InChI is InChI=1S/C18H13N3O5/c1-9-5-15(22)26-14-6-10(3-4-11(9)14)21-7-12-16(19-20-17(12)23)13(8-21)18(24)25-2/h3-8H,1-2H3,(H,20,23). The number of fused-ring (bicyclic) bond motifs is 2. The first kappa shape index (κ1) is 15.8. The van der Waals surface area contributed by atoms with Gasteiger partial charge in [-0.05, 0) is 24.6 Å². The summed E-state index contributed by atoms with van der Waals surface area (Å²) in [6, 6.07) is 6.70. The number of pyridine rings is 1. The molecule has 0 unspecified atom stereocenters. The van der Waals surface area contributed by atoms with Crippen LogP contribution in [0.25, 0.3) is 27.9 Å². The molecular formula is C18H13N3O5. The zero-order valence-corrected chi connectivity index (χ0v) is 13.9. The van der Waals surface area contributed by atoms with Gasteiger partial charge in [0.2, 0.25) is 0 Å². The highest BCUT2D eigenvalue weighted by Crippen LogP contribution is 2.25. The van der Waals surface area contributed by atoms with Crippen LogP contribution < -0.4 is 11.2 Å². The molecule has 26 heavy (non-hydrogen) atoms. The Labute approximate surface area is 146 Å². The first-order valence-corrected chi connectivity index (χ1v) is 7.71. The van der Waals surface area contributed by atoms with Gasteiger partial charge in [0, 0.05) is 35.6 Å². The van der Waals surface area contributed by atoms with Crippen LogP contribution in [0.1, 0.15) is 15.9 Å². The van der Waals surface area contributed by atoms with E-state index >= 15 is 0 Å².